The second kappa shape index (κ2) is 9.41. The summed E-state index contributed by atoms with van der Waals surface area (Å²) in [5.74, 6) is -1.39. The van der Waals surface area contributed by atoms with Gasteiger partial charge in [0.25, 0.3) is 5.91 Å². The quantitative estimate of drug-likeness (QED) is 0.291. The van der Waals surface area contributed by atoms with E-state index in [0.29, 0.717) is 28.7 Å². The summed E-state index contributed by atoms with van der Waals surface area (Å²) in [7, 11) is 0. The SMILES string of the molecule is CC(Oc1ccc2c3c(c(=O)oc2c1)CCCC3)C(=O)NC(Cc1c[nH]c2ccc(O)cc12)C(=O)O. The molecule has 36 heavy (non-hydrogen) atoms. The standard InChI is InChI=1S/C27H26N2O7/c1-14(35-17-7-8-19-18-4-2-3-5-20(18)27(34)36-24(19)12-17)25(31)29-23(26(32)33)10-15-13-28-22-9-6-16(30)11-21(15)22/h6-9,11-14,23,28,30H,2-5,10H2,1H3,(H,29,31)(H,32,33). The topological polar surface area (TPSA) is 142 Å². The third kappa shape index (κ3) is 4.51. The number of aromatic hydroxyl groups is 1. The van der Waals surface area contributed by atoms with E-state index in [0.717, 1.165) is 41.3 Å². The smallest absolute Gasteiger partial charge is 0.339 e. The molecule has 186 valence electrons. The molecule has 0 saturated carbocycles. The average Bonchev–Trinajstić information content (AvgIpc) is 3.25. The molecule has 2 heterocycles. The van der Waals surface area contributed by atoms with Crippen molar-refractivity contribution in [1.82, 2.24) is 10.3 Å². The zero-order valence-electron chi connectivity index (χ0n) is 19.7. The number of hydrogen-bond acceptors (Lipinski definition) is 6. The molecule has 2 atom stereocenters. The number of hydrogen-bond donors (Lipinski definition) is 4. The second-order valence-electron chi connectivity index (χ2n) is 9.12. The minimum Gasteiger partial charge on any atom is -0.508 e. The normalized spacial score (nSPS) is 14.8. The molecule has 0 radical (unpaired) electrons. The van der Waals surface area contributed by atoms with E-state index in [1.54, 1.807) is 30.5 Å². The zero-order chi connectivity index (χ0) is 25.4. The van der Waals surface area contributed by atoms with Crippen molar-refractivity contribution in [3.63, 3.8) is 0 Å². The summed E-state index contributed by atoms with van der Waals surface area (Å²) in [6.07, 6.45) is 4.21. The molecule has 0 aliphatic heterocycles. The maximum absolute atomic E-state index is 12.8. The Kier molecular flexibility index (Phi) is 6.13. The molecule has 2 aromatic carbocycles. The van der Waals surface area contributed by atoms with Crippen LogP contribution in [0.2, 0.25) is 0 Å². The molecular weight excluding hydrogens is 464 g/mol. The largest absolute Gasteiger partial charge is 0.508 e. The van der Waals surface area contributed by atoms with Gasteiger partial charge >= 0.3 is 11.6 Å². The number of ether oxygens (including phenoxy) is 1. The van der Waals surface area contributed by atoms with Crippen LogP contribution in [-0.2, 0) is 28.9 Å². The molecule has 9 nitrogen and oxygen atoms in total. The van der Waals surface area contributed by atoms with Crippen molar-refractivity contribution in [3.8, 4) is 11.5 Å². The molecule has 4 aromatic rings. The second-order valence-corrected chi connectivity index (χ2v) is 9.12. The summed E-state index contributed by atoms with van der Waals surface area (Å²) in [5.41, 5.74) is 3.21. The third-order valence-corrected chi connectivity index (χ3v) is 6.67. The summed E-state index contributed by atoms with van der Waals surface area (Å²) >= 11 is 0. The van der Waals surface area contributed by atoms with E-state index in [-0.39, 0.29) is 17.8 Å². The highest BCUT2D eigenvalue weighted by molar-refractivity contribution is 5.89. The molecule has 4 N–H and O–H groups in total. The van der Waals surface area contributed by atoms with Crippen molar-refractivity contribution >= 4 is 33.7 Å². The van der Waals surface area contributed by atoms with Gasteiger partial charge in [0, 0.05) is 40.5 Å². The van der Waals surface area contributed by atoms with Crippen molar-refractivity contribution in [2.45, 2.75) is 51.2 Å². The van der Waals surface area contributed by atoms with Gasteiger partial charge < -0.3 is 29.7 Å². The van der Waals surface area contributed by atoms with Crippen LogP contribution in [0.5, 0.6) is 11.5 Å². The lowest BCUT2D eigenvalue weighted by Crippen LogP contribution is -2.47. The lowest BCUT2D eigenvalue weighted by atomic mass is 9.91. The predicted octanol–water partition coefficient (Wildman–Crippen LogP) is 3.44. The van der Waals surface area contributed by atoms with Crippen LogP contribution in [-0.4, -0.2) is 39.2 Å². The van der Waals surface area contributed by atoms with Gasteiger partial charge in [-0.1, -0.05) is 0 Å². The Morgan fingerprint density at radius 2 is 1.89 bits per heavy atom. The lowest BCUT2D eigenvalue weighted by Gasteiger charge is -2.20. The number of carboxylic acids is 1. The molecular formula is C27H26N2O7. The maximum Gasteiger partial charge on any atom is 0.339 e. The van der Waals surface area contributed by atoms with Crippen molar-refractivity contribution < 1.29 is 29.0 Å². The fourth-order valence-electron chi connectivity index (χ4n) is 4.80. The van der Waals surface area contributed by atoms with Crippen LogP contribution in [0.1, 0.15) is 36.5 Å². The van der Waals surface area contributed by atoms with Crippen LogP contribution in [0.4, 0.5) is 0 Å². The summed E-state index contributed by atoms with van der Waals surface area (Å²) in [6, 6.07) is 8.70. The zero-order valence-corrected chi connectivity index (χ0v) is 19.7. The highest BCUT2D eigenvalue weighted by Gasteiger charge is 2.26. The molecule has 1 aliphatic rings. The molecule has 0 saturated heterocycles. The van der Waals surface area contributed by atoms with Gasteiger partial charge in [-0.05, 0) is 74.1 Å². The molecule has 1 amide bonds. The predicted molar refractivity (Wildman–Crippen MR) is 132 cm³/mol. The van der Waals surface area contributed by atoms with E-state index >= 15 is 0 Å². The Morgan fingerprint density at radius 3 is 2.67 bits per heavy atom. The van der Waals surface area contributed by atoms with Gasteiger partial charge in [0.15, 0.2) is 6.10 Å². The summed E-state index contributed by atoms with van der Waals surface area (Å²) in [4.78, 5) is 40.1. The van der Waals surface area contributed by atoms with Gasteiger partial charge in [0.05, 0.1) is 0 Å². The van der Waals surface area contributed by atoms with Gasteiger partial charge in [-0.15, -0.1) is 0 Å². The monoisotopic (exact) mass is 490 g/mol. The van der Waals surface area contributed by atoms with E-state index in [4.69, 9.17) is 9.15 Å². The van der Waals surface area contributed by atoms with E-state index in [1.165, 1.54) is 13.0 Å². The molecule has 0 spiro atoms. The van der Waals surface area contributed by atoms with Crippen molar-refractivity contribution in [2.75, 3.05) is 0 Å². The number of carbonyl (C=O) groups excluding carboxylic acids is 1. The highest BCUT2D eigenvalue weighted by Crippen LogP contribution is 2.29. The van der Waals surface area contributed by atoms with Crippen LogP contribution < -0.4 is 15.7 Å². The molecule has 0 bridgehead atoms. The molecule has 2 unspecified atom stereocenters. The van der Waals surface area contributed by atoms with Crippen molar-refractivity contribution in [2.24, 2.45) is 0 Å². The first kappa shape index (κ1) is 23.5. The fourth-order valence-corrected chi connectivity index (χ4v) is 4.80. The van der Waals surface area contributed by atoms with E-state index in [1.807, 2.05) is 6.07 Å². The van der Waals surface area contributed by atoms with Crippen LogP contribution in [0.15, 0.2) is 51.8 Å². The fraction of sp³-hybridized carbons (Fsp3) is 0.296. The third-order valence-electron chi connectivity index (χ3n) is 6.67. The van der Waals surface area contributed by atoms with Gasteiger partial charge in [0.1, 0.15) is 23.1 Å². The first-order valence-corrected chi connectivity index (χ1v) is 11.9. The van der Waals surface area contributed by atoms with E-state index in [2.05, 4.69) is 10.3 Å². The van der Waals surface area contributed by atoms with Crippen LogP contribution in [0.3, 0.4) is 0 Å². The van der Waals surface area contributed by atoms with Crippen LogP contribution >= 0.6 is 0 Å². The van der Waals surface area contributed by atoms with Crippen LogP contribution in [0, 0.1) is 0 Å². The number of phenols is 1. The Balaban J connectivity index is 1.31. The first-order valence-electron chi connectivity index (χ1n) is 11.9. The summed E-state index contributed by atoms with van der Waals surface area (Å²) in [6.45, 7) is 1.52. The molecule has 5 rings (SSSR count). The van der Waals surface area contributed by atoms with E-state index in [9.17, 15) is 24.6 Å². The average molecular weight is 491 g/mol. The number of carbonyl (C=O) groups is 2. The Bertz CT molecular complexity index is 1530. The number of H-pyrrole nitrogens is 1. The van der Waals surface area contributed by atoms with Gasteiger partial charge in [0.2, 0.25) is 0 Å². The van der Waals surface area contributed by atoms with Crippen molar-refractivity contribution in [3.05, 3.63) is 69.7 Å². The van der Waals surface area contributed by atoms with Gasteiger partial charge in [-0.3, -0.25) is 4.79 Å². The number of carboxylic acid groups (broad SMARTS) is 1. The number of benzene rings is 2. The van der Waals surface area contributed by atoms with Crippen molar-refractivity contribution in [1.29, 1.82) is 0 Å². The number of aromatic nitrogens is 1. The number of amides is 1. The summed E-state index contributed by atoms with van der Waals surface area (Å²) in [5, 5.41) is 23.6. The molecule has 9 heteroatoms. The number of aromatic amines is 1. The minimum atomic E-state index is -1.20. The molecule has 0 fully saturated rings. The van der Waals surface area contributed by atoms with Gasteiger partial charge in [-0.2, -0.15) is 0 Å². The lowest BCUT2D eigenvalue weighted by molar-refractivity contribution is -0.142. The number of fused-ring (bicyclic) bond motifs is 4. The summed E-state index contributed by atoms with van der Waals surface area (Å²) < 4.78 is 11.3. The highest BCUT2D eigenvalue weighted by atomic mass is 16.5. The molecule has 1 aliphatic carbocycles. The Morgan fingerprint density at radius 1 is 1.11 bits per heavy atom. The molecule has 2 aromatic heterocycles. The Hall–Kier alpha value is -4.27. The number of aryl methyl sites for hydroxylation is 1. The number of aliphatic carboxylic acids is 1. The number of rotatable bonds is 7. The minimum absolute atomic E-state index is 0.0173. The first-order chi connectivity index (χ1) is 17.3. The maximum atomic E-state index is 12.8. The number of phenolic OH excluding ortho intramolecular Hbond substituents is 1. The number of nitrogens with one attached hydrogen (secondary N) is 2. The Labute approximate surface area is 205 Å². The van der Waals surface area contributed by atoms with Crippen LogP contribution in [0.25, 0.3) is 21.9 Å². The van der Waals surface area contributed by atoms with Gasteiger partial charge in [-0.25, -0.2) is 9.59 Å². The van der Waals surface area contributed by atoms with E-state index < -0.39 is 24.0 Å².